The van der Waals surface area contributed by atoms with Gasteiger partial charge < -0.3 is 9.64 Å². The Morgan fingerprint density at radius 3 is 2.64 bits per heavy atom. The lowest BCUT2D eigenvalue weighted by Gasteiger charge is -2.19. The van der Waals surface area contributed by atoms with E-state index < -0.39 is 11.8 Å². The molecule has 1 aromatic heterocycles. The predicted molar refractivity (Wildman–Crippen MR) is 78.3 cm³/mol. The summed E-state index contributed by atoms with van der Waals surface area (Å²) in [7, 11) is 2.91. The molecule has 0 aliphatic carbocycles. The number of carbonyl (C=O) groups excluding carboxylic acids is 2. The first-order chi connectivity index (χ1) is 10.5. The van der Waals surface area contributed by atoms with Gasteiger partial charge in [-0.2, -0.15) is 5.10 Å². The molecule has 1 amide bonds. The molecule has 0 aliphatic rings. The standard InChI is InChI=1S/C15H16FN3O3/c1-4-19(11-8-17-18(2)9-11)14(20)10-5-6-12(13(16)7-10)15(21)22-3/h5-9H,4H2,1-3H3. The van der Waals surface area contributed by atoms with Crippen molar-refractivity contribution in [3.05, 3.63) is 47.5 Å². The molecule has 116 valence electrons. The molecule has 0 N–H and O–H groups in total. The maximum Gasteiger partial charge on any atom is 0.340 e. The molecular formula is C15H16FN3O3. The van der Waals surface area contributed by atoms with Gasteiger partial charge in [0.05, 0.1) is 24.6 Å². The average molecular weight is 305 g/mol. The van der Waals surface area contributed by atoms with Crippen molar-refractivity contribution < 1.29 is 18.7 Å². The molecule has 6 nitrogen and oxygen atoms in total. The van der Waals surface area contributed by atoms with E-state index in [2.05, 4.69) is 9.84 Å². The Hall–Kier alpha value is -2.70. The second kappa shape index (κ2) is 6.38. The smallest absolute Gasteiger partial charge is 0.340 e. The van der Waals surface area contributed by atoms with Crippen LogP contribution in [0, 0.1) is 5.82 Å². The number of amides is 1. The van der Waals surface area contributed by atoms with Gasteiger partial charge in [-0.25, -0.2) is 9.18 Å². The van der Waals surface area contributed by atoms with E-state index in [1.54, 1.807) is 24.1 Å². The number of rotatable bonds is 4. The van der Waals surface area contributed by atoms with Crippen LogP contribution in [-0.2, 0) is 11.8 Å². The molecule has 0 radical (unpaired) electrons. The van der Waals surface area contributed by atoms with Gasteiger partial charge in [0.25, 0.3) is 5.91 Å². The van der Waals surface area contributed by atoms with E-state index in [1.165, 1.54) is 24.1 Å². The fourth-order valence-corrected chi connectivity index (χ4v) is 2.07. The second-order valence-electron chi connectivity index (χ2n) is 4.61. The normalized spacial score (nSPS) is 10.4. The van der Waals surface area contributed by atoms with E-state index in [-0.39, 0.29) is 17.0 Å². The molecule has 0 atom stereocenters. The number of hydrogen-bond donors (Lipinski definition) is 0. The zero-order chi connectivity index (χ0) is 16.3. The van der Waals surface area contributed by atoms with Crippen LogP contribution in [0.5, 0.6) is 0 Å². The number of aromatic nitrogens is 2. The Balaban J connectivity index is 2.32. The Kier molecular flexibility index (Phi) is 4.55. The molecule has 0 saturated carbocycles. The summed E-state index contributed by atoms with van der Waals surface area (Å²) in [6, 6.07) is 3.68. The number of methoxy groups -OCH3 is 1. The summed E-state index contributed by atoms with van der Waals surface area (Å²) in [6.07, 6.45) is 3.25. The van der Waals surface area contributed by atoms with Gasteiger partial charge in [0.2, 0.25) is 0 Å². The minimum atomic E-state index is -0.792. The summed E-state index contributed by atoms with van der Waals surface area (Å²) in [5, 5.41) is 4.02. The Morgan fingerprint density at radius 2 is 2.14 bits per heavy atom. The molecule has 0 fully saturated rings. The molecule has 0 bridgehead atoms. The number of ether oxygens (including phenoxy) is 1. The topological polar surface area (TPSA) is 64.4 Å². The first-order valence-corrected chi connectivity index (χ1v) is 6.66. The molecule has 0 spiro atoms. The first kappa shape index (κ1) is 15.7. The summed E-state index contributed by atoms with van der Waals surface area (Å²) < 4.78 is 20.0. The number of carbonyl (C=O) groups is 2. The summed E-state index contributed by atoms with van der Waals surface area (Å²) in [6.45, 7) is 2.22. The van der Waals surface area contributed by atoms with Gasteiger partial charge >= 0.3 is 5.97 Å². The van der Waals surface area contributed by atoms with Crippen LogP contribution in [0.25, 0.3) is 0 Å². The molecule has 0 saturated heterocycles. The highest BCUT2D eigenvalue weighted by atomic mass is 19.1. The van der Waals surface area contributed by atoms with Crippen molar-refractivity contribution in [3.63, 3.8) is 0 Å². The maximum atomic E-state index is 13.9. The van der Waals surface area contributed by atoms with Gasteiger partial charge in [-0.1, -0.05) is 0 Å². The fourth-order valence-electron chi connectivity index (χ4n) is 2.07. The molecule has 0 aliphatic heterocycles. The minimum absolute atomic E-state index is 0.149. The quantitative estimate of drug-likeness (QED) is 0.811. The van der Waals surface area contributed by atoms with Crippen LogP contribution < -0.4 is 4.90 Å². The zero-order valence-electron chi connectivity index (χ0n) is 12.5. The number of nitrogens with zero attached hydrogens (tertiary/aromatic N) is 3. The van der Waals surface area contributed by atoms with E-state index in [4.69, 9.17) is 0 Å². The van der Waals surface area contributed by atoms with Crippen molar-refractivity contribution in [2.45, 2.75) is 6.92 Å². The highest BCUT2D eigenvalue weighted by Crippen LogP contribution is 2.18. The highest BCUT2D eigenvalue weighted by Gasteiger charge is 2.20. The second-order valence-corrected chi connectivity index (χ2v) is 4.61. The Labute approximate surface area is 127 Å². The van der Waals surface area contributed by atoms with Gasteiger partial charge in [0, 0.05) is 25.4 Å². The van der Waals surface area contributed by atoms with Crippen molar-refractivity contribution in [2.24, 2.45) is 7.05 Å². The predicted octanol–water partition coefficient (Wildman–Crippen LogP) is 2.01. The third kappa shape index (κ3) is 2.98. The molecule has 1 aromatic carbocycles. The fraction of sp³-hybridized carbons (Fsp3) is 0.267. The van der Waals surface area contributed by atoms with Crippen LogP contribution in [0.4, 0.5) is 10.1 Å². The zero-order valence-corrected chi connectivity index (χ0v) is 12.5. The number of anilines is 1. The molecule has 2 aromatic rings. The van der Waals surface area contributed by atoms with Crippen LogP contribution in [0.1, 0.15) is 27.6 Å². The van der Waals surface area contributed by atoms with Crippen LogP contribution >= 0.6 is 0 Å². The molecule has 0 unspecified atom stereocenters. The summed E-state index contributed by atoms with van der Waals surface area (Å²) in [5.74, 6) is -1.94. The maximum absolute atomic E-state index is 13.9. The van der Waals surface area contributed by atoms with Gasteiger partial charge in [-0.15, -0.1) is 0 Å². The van der Waals surface area contributed by atoms with Crippen molar-refractivity contribution in [1.29, 1.82) is 0 Å². The molecule has 22 heavy (non-hydrogen) atoms. The monoisotopic (exact) mass is 305 g/mol. The van der Waals surface area contributed by atoms with Crippen LogP contribution in [0.15, 0.2) is 30.6 Å². The van der Waals surface area contributed by atoms with E-state index in [0.717, 1.165) is 6.07 Å². The first-order valence-electron chi connectivity index (χ1n) is 6.66. The van der Waals surface area contributed by atoms with Crippen LogP contribution in [-0.4, -0.2) is 35.3 Å². The molecular weight excluding hydrogens is 289 g/mol. The summed E-state index contributed by atoms with van der Waals surface area (Å²) in [5.41, 5.74) is 0.562. The number of aryl methyl sites for hydroxylation is 1. The van der Waals surface area contributed by atoms with Gasteiger partial charge in [-0.3, -0.25) is 9.48 Å². The Morgan fingerprint density at radius 1 is 1.41 bits per heavy atom. The van der Waals surface area contributed by atoms with Crippen molar-refractivity contribution in [1.82, 2.24) is 9.78 Å². The van der Waals surface area contributed by atoms with Gasteiger partial charge in [0.15, 0.2) is 0 Å². The lowest BCUT2D eigenvalue weighted by molar-refractivity contribution is 0.0595. The van der Waals surface area contributed by atoms with Crippen molar-refractivity contribution in [3.8, 4) is 0 Å². The summed E-state index contributed by atoms with van der Waals surface area (Å²) in [4.78, 5) is 25.3. The molecule has 7 heteroatoms. The third-order valence-electron chi connectivity index (χ3n) is 3.19. The van der Waals surface area contributed by atoms with Crippen molar-refractivity contribution in [2.75, 3.05) is 18.6 Å². The van der Waals surface area contributed by atoms with Crippen molar-refractivity contribution >= 4 is 17.6 Å². The summed E-state index contributed by atoms with van der Waals surface area (Å²) >= 11 is 0. The number of benzene rings is 1. The third-order valence-corrected chi connectivity index (χ3v) is 3.19. The van der Waals surface area contributed by atoms with E-state index >= 15 is 0 Å². The van der Waals surface area contributed by atoms with Gasteiger partial charge in [-0.05, 0) is 25.1 Å². The number of esters is 1. The largest absolute Gasteiger partial charge is 0.465 e. The Bertz CT molecular complexity index is 712. The van der Waals surface area contributed by atoms with E-state index in [9.17, 15) is 14.0 Å². The number of hydrogen-bond acceptors (Lipinski definition) is 4. The lowest BCUT2D eigenvalue weighted by atomic mass is 10.1. The van der Waals surface area contributed by atoms with Crippen LogP contribution in [0.3, 0.4) is 0 Å². The van der Waals surface area contributed by atoms with E-state index in [1.807, 2.05) is 6.92 Å². The molecule has 2 rings (SSSR count). The SMILES string of the molecule is CCN(C(=O)c1ccc(C(=O)OC)c(F)c1)c1cnn(C)c1. The van der Waals surface area contributed by atoms with Crippen LogP contribution in [0.2, 0.25) is 0 Å². The molecule has 1 heterocycles. The average Bonchev–Trinajstić information content (AvgIpc) is 2.93. The highest BCUT2D eigenvalue weighted by molar-refractivity contribution is 6.06. The van der Waals surface area contributed by atoms with E-state index in [0.29, 0.717) is 12.2 Å². The lowest BCUT2D eigenvalue weighted by Crippen LogP contribution is -2.30. The van der Waals surface area contributed by atoms with Gasteiger partial charge in [0.1, 0.15) is 5.82 Å². The minimum Gasteiger partial charge on any atom is -0.465 e. The number of halogens is 1.